The molecule has 2 heterocycles. The second kappa shape index (κ2) is 11.2. The molecule has 2 N–H and O–H groups in total. The van der Waals surface area contributed by atoms with E-state index in [0.29, 0.717) is 38.9 Å². The number of phenols is 1. The molecule has 0 aliphatic heterocycles. The van der Waals surface area contributed by atoms with Crippen molar-refractivity contribution in [2.24, 2.45) is 13.0 Å². The summed E-state index contributed by atoms with van der Waals surface area (Å²) in [6.07, 6.45) is 6.66. The molecule has 0 aliphatic carbocycles. The van der Waals surface area contributed by atoms with E-state index in [4.69, 9.17) is 11.6 Å². The van der Waals surface area contributed by atoms with E-state index in [2.05, 4.69) is 29.0 Å². The summed E-state index contributed by atoms with van der Waals surface area (Å²) in [6.45, 7) is 6.73. The van der Waals surface area contributed by atoms with Gasteiger partial charge in [-0.2, -0.15) is 0 Å². The highest BCUT2D eigenvalue weighted by molar-refractivity contribution is 6.32. The number of imidazole rings is 1. The highest BCUT2D eigenvalue weighted by atomic mass is 35.5. The molecule has 4 rings (SSSR count). The fraction of sp³-hybridized carbons (Fsp3) is 0.286. The first-order valence-electron chi connectivity index (χ1n) is 12.1. The lowest BCUT2D eigenvalue weighted by molar-refractivity contribution is 0.477. The number of aromatic hydroxyl groups is 1. The topological polar surface area (TPSA) is 75.3 Å². The van der Waals surface area contributed by atoms with Crippen molar-refractivity contribution in [3.8, 4) is 33.7 Å². The molecule has 9 heteroatoms. The van der Waals surface area contributed by atoms with Crippen LogP contribution in [-0.4, -0.2) is 45.9 Å². The number of phenolic OH excluding ortho intramolecular Hbond substituents is 1. The minimum atomic E-state index is -0.498. The van der Waals surface area contributed by atoms with Gasteiger partial charge < -0.3 is 19.9 Å². The number of halogens is 2. The van der Waals surface area contributed by atoms with Gasteiger partial charge in [-0.1, -0.05) is 31.5 Å². The Kier molecular flexibility index (Phi) is 8.00. The molecule has 2 aromatic carbocycles. The molecule has 2 aromatic heterocycles. The molecule has 37 heavy (non-hydrogen) atoms. The van der Waals surface area contributed by atoms with Crippen LogP contribution in [0.1, 0.15) is 13.8 Å². The van der Waals surface area contributed by atoms with E-state index in [1.54, 1.807) is 50.0 Å². The SMILES string of the molecule is CNCCN(CC(C)C)c1cncc(-c2cc(F)cc(-c3ccc(-n4ccn(C)c4=O)c(Cl)c3)c2O)c1. The third-order valence-electron chi connectivity index (χ3n) is 6.16. The number of rotatable bonds is 9. The maximum Gasteiger partial charge on any atom is 0.332 e. The Balaban J connectivity index is 1.75. The second-order valence-electron chi connectivity index (χ2n) is 9.45. The highest BCUT2D eigenvalue weighted by Crippen LogP contribution is 2.40. The normalized spacial score (nSPS) is 11.3. The zero-order chi connectivity index (χ0) is 26.7. The molecule has 194 valence electrons. The maximum atomic E-state index is 14.8. The molecule has 0 amide bonds. The minimum absolute atomic E-state index is 0.0771. The average molecular weight is 524 g/mol. The van der Waals surface area contributed by atoms with Crippen molar-refractivity contribution < 1.29 is 9.50 Å². The van der Waals surface area contributed by atoms with Gasteiger partial charge in [-0.15, -0.1) is 0 Å². The van der Waals surface area contributed by atoms with Crippen molar-refractivity contribution in [3.63, 3.8) is 0 Å². The monoisotopic (exact) mass is 523 g/mol. The molecule has 0 bridgehead atoms. The fourth-order valence-corrected chi connectivity index (χ4v) is 4.59. The van der Waals surface area contributed by atoms with Crippen molar-refractivity contribution >= 4 is 17.3 Å². The molecule has 0 radical (unpaired) electrons. The van der Waals surface area contributed by atoms with E-state index >= 15 is 0 Å². The lowest BCUT2D eigenvalue weighted by Crippen LogP contribution is -2.33. The van der Waals surface area contributed by atoms with Crippen LogP contribution in [0.4, 0.5) is 10.1 Å². The molecule has 0 atom stereocenters. The van der Waals surface area contributed by atoms with Crippen molar-refractivity contribution in [2.45, 2.75) is 13.8 Å². The van der Waals surface area contributed by atoms with Gasteiger partial charge in [0, 0.05) is 62.0 Å². The van der Waals surface area contributed by atoms with Crippen molar-refractivity contribution in [3.05, 3.63) is 82.5 Å². The smallest absolute Gasteiger partial charge is 0.332 e. The molecule has 0 spiro atoms. The standard InChI is InChI=1S/C28H31ClFN5O2/c1-18(2)17-34(8-7-31-3)22-11-20(15-32-16-22)24-14-21(30)13-23(27(24)36)19-5-6-26(25(29)12-19)35-10-9-33(4)28(35)37/h5-6,9-16,18,31,36H,7-8,17H2,1-4H3. The van der Waals surface area contributed by atoms with Crippen LogP contribution < -0.4 is 15.9 Å². The third-order valence-corrected chi connectivity index (χ3v) is 6.46. The van der Waals surface area contributed by atoms with Gasteiger partial charge in [-0.3, -0.25) is 9.55 Å². The van der Waals surface area contributed by atoms with Crippen LogP contribution in [0.2, 0.25) is 5.02 Å². The van der Waals surface area contributed by atoms with Gasteiger partial charge in [0.25, 0.3) is 0 Å². The zero-order valence-electron chi connectivity index (χ0n) is 21.4. The number of aryl methyl sites for hydroxylation is 1. The summed E-state index contributed by atoms with van der Waals surface area (Å²) in [5.74, 6) is -0.136. The Morgan fingerprint density at radius 1 is 1.11 bits per heavy atom. The van der Waals surface area contributed by atoms with Gasteiger partial charge in [-0.25, -0.2) is 9.18 Å². The summed E-state index contributed by atoms with van der Waals surface area (Å²) in [7, 11) is 3.56. The van der Waals surface area contributed by atoms with Crippen LogP contribution in [0.3, 0.4) is 0 Å². The first-order chi connectivity index (χ1) is 17.7. The number of nitrogens with one attached hydrogen (secondary N) is 1. The Labute approximate surface area is 220 Å². The maximum absolute atomic E-state index is 14.8. The Morgan fingerprint density at radius 3 is 2.46 bits per heavy atom. The number of anilines is 1. The van der Waals surface area contributed by atoms with Gasteiger partial charge in [0.05, 0.1) is 22.6 Å². The van der Waals surface area contributed by atoms with Crippen molar-refractivity contribution in [2.75, 3.05) is 31.6 Å². The predicted octanol–water partition coefficient (Wildman–Crippen LogP) is 5.08. The van der Waals surface area contributed by atoms with E-state index in [1.807, 2.05) is 13.1 Å². The molecule has 0 saturated carbocycles. The summed E-state index contributed by atoms with van der Waals surface area (Å²) in [4.78, 5) is 18.9. The zero-order valence-corrected chi connectivity index (χ0v) is 22.1. The summed E-state index contributed by atoms with van der Waals surface area (Å²) in [5.41, 5.74) is 2.91. The second-order valence-corrected chi connectivity index (χ2v) is 9.86. The third kappa shape index (κ3) is 5.70. The highest BCUT2D eigenvalue weighted by Gasteiger charge is 2.18. The molecule has 0 unspecified atom stereocenters. The van der Waals surface area contributed by atoms with Crippen LogP contribution in [0, 0.1) is 11.7 Å². The van der Waals surface area contributed by atoms with Gasteiger partial charge in [-0.05, 0) is 48.9 Å². The van der Waals surface area contributed by atoms with E-state index in [1.165, 1.54) is 21.3 Å². The number of hydrogen-bond acceptors (Lipinski definition) is 5. The summed E-state index contributed by atoms with van der Waals surface area (Å²) in [6, 6.07) is 9.49. The molecule has 4 aromatic rings. The molecule has 0 aliphatic rings. The van der Waals surface area contributed by atoms with Crippen LogP contribution in [0.5, 0.6) is 5.75 Å². The first kappa shape index (κ1) is 26.4. The Hall–Kier alpha value is -3.62. The number of aromatic nitrogens is 3. The number of hydrogen-bond donors (Lipinski definition) is 2. The van der Waals surface area contributed by atoms with Crippen molar-refractivity contribution in [1.29, 1.82) is 0 Å². The summed E-state index contributed by atoms with van der Waals surface area (Å²) >= 11 is 6.52. The Bertz CT molecular complexity index is 1460. The van der Waals surface area contributed by atoms with Crippen LogP contribution >= 0.6 is 11.6 Å². The van der Waals surface area contributed by atoms with E-state index in [-0.39, 0.29) is 11.4 Å². The quantitative estimate of drug-likeness (QED) is 0.320. The number of nitrogens with zero attached hydrogens (tertiary/aromatic N) is 4. The number of pyridine rings is 1. The molecule has 7 nitrogen and oxygen atoms in total. The number of likely N-dealkylation sites (N-methyl/N-ethyl adjacent to an activating group) is 1. The van der Waals surface area contributed by atoms with Crippen LogP contribution in [0.15, 0.2) is 66.0 Å². The molecule has 0 fully saturated rings. The lowest BCUT2D eigenvalue weighted by atomic mass is 9.97. The summed E-state index contributed by atoms with van der Waals surface area (Å²) < 4.78 is 17.7. The van der Waals surface area contributed by atoms with Gasteiger partial charge in [0.2, 0.25) is 0 Å². The Morgan fingerprint density at radius 2 is 1.84 bits per heavy atom. The lowest BCUT2D eigenvalue weighted by Gasteiger charge is -2.27. The van der Waals surface area contributed by atoms with Gasteiger partial charge in [0.15, 0.2) is 0 Å². The summed E-state index contributed by atoms with van der Waals surface area (Å²) in [5, 5.41) is 14.7. The van der Waals surface area contributed by atoms with Crippen LogP contribution in [0.25, 0.3) is 27.9 Å². The largest absolute Gasteiger partial charge is 0.507 e. The molecular weight excluding hydrogens is 493 g/mol. The molecular formula is C28H31ClFN5O2. The number of benzene rings is 2. The van der Waals surface area contributed by atoms with Crippen LogP contribution in [-0.2, 0) is 7.05 Å². The van der Waals surface area contributed by atoms with Gasteiger partial charge in [0.1, 0.15) is 11.6 Å². The van der Waals surface area contributed by atoms with Gasteiger partial charge >= 0.3 is 5.69 Å². The van der Waals surface area contributed by atoms with E-state index in [0.717, 1.165) is 25.3 Å². The first-order valence-corrected chi connectivity index (χ1v) is 12.5. The fourth-order valence-electron chi connectivity index (χ4n) is 4.32. The van der Waals surface area contributed by atoms with E-state index in [9.17, 15) is 14.3 Å². The predicted molar refractivity (Wildman–Crippen MR) is 147 cm³/mol. The molecule has 0 saturated heterocycles. The average Bonchev–Trinajstić information content (AvgIpc) is 3.20. The van der Waals surface area contributed by atoms with Crippen molar-refractivity contribution in [1.82, 2.24) is 19.4 Å². The van der Waals surface area contributed by atoms with E-state index < -0.39 is 5.82 Å². The minimum Gasteiger partial charge on any atom is -0.507 e.